The predicted octanol–water partition coefficient (Wildman–Crippen LogP) is 0.691. The van der Waals surface area contributed by atoms with Crippen molar-refractivity contribution in [3.63, 3.8) is 0 Å². The van der Waals surface area contributed by atoms with Gasteiger partial charge in [-0.1, -0.05) is 6.07 Å². The van der Waals surface area contributed by atoms with Crippen molar-refractivity contribution in [3.05, 3.63) is 23.8 Å². The van der Waals surface area contributed by atoms with Gasteiger partial charge in [0.2, 0.25) is 5.91 Å². The summed E-state index contributed by atoms with van der Waals surface area (Å²) in [5, 5.41) is 14.4. The first kappa shape index (κ1) is 18.6. The third kappa shape index (κ3) is 4.40. The van der Waals surface area contributed by atoms with Gasteiger partial charge in [-0.15, -0.1) is 0 Å². The number of amides is 2. The number of likely N-dealkylation sites (N-methyl/N-ethyl adjacent to an activating group) is 1. The van der Waals surface area contributed by atoms with Gasteiger partial charge < -0.3 is 25.2 Å². The molecule has 1 aromatic rings. The maximum absolute atomic E-state index is 12.0. The van der Waals surface area contributed by atoms with Crippen LogP contribution in [0.1, 0.15) is 25.3 Å². The number of carboxylic acids is 1. The van der Waals surface area contributed by atoms with Crippen LogP contribution in [0.4, 0.5) is 0 Å². The van der Waals surface area contributed by atoms with Crippen molar-refractivity contribution in [2.75, 3.05) is 20.3 Å². The minimum atomic E-state index is -1.26. The molecular formula is C17H22N2O6. The van der Waals surface area contributed by atoms with Crippen molar-refractivity contribution in [1.82, 2.24) is 10.6 Å². The zero-order valence-electron chi connectivity index (χ0n) is 14.3. The third-order valence-corrected chi connectivity index (χ3v) is 4.01. The van der Waals surface area contributed by atoms with E-state index in [2.05, 4.69) is 10.6 Å². The Bertz CT molecular complexity index is 669. The lowest BCUT2D eigenvalue weighted by Crippen LogP contribution is -2.36. The monoisotopic (exact) mass is 350 g/mol. The number of methoxy groups -OCH3 is 1. The molecule has 1 fully saturated rings. The first-order chi connectivity index (χ1) is 11.9. The second kappa shape index (κ2) is 7.87. The average Bonchev–Trinajstić information content (AvgIpc) is 3.40. The molecule has 2 rings (SSSR count). The summed E-state index contributed by atoms with van der Waals surface area (Å²) in [6, 6.07) is 5.04. The second-order valence-corrected chi connectivity index (χ2v) is 5.80. The zero-order valence-corrected chi connectivity index (χ0v) is 14.3. The molecule has 2 amide bonds. The molecule has 0 aromatic heterocycles. The van der Waals surface area contributed by atoms with Crippen molar-refractivity contribution in [3.8, 4) is 11.5 Å². The Balaban J connectivity index is 1.95. The number of rotatable bonds is 9. The normalized spacial score (nSPS) is 14.3. The van der Waals surface area contributed by atoms with Gasteiger partial charge in [-0.05, 0) is 37.5 Å². The van der Waals surface area contributed by atoms with Gasteiger partial charge in [-0.2, -0.15) is 0 Å². The van der Waals surface area contributed by atoms with Crippen molar-refractivity contribution in [2.45, 2.75) is 26.3 Å². The molecule has 0 spiro atoms. The highest BCUT2D eigenvalue weighted by atomic mass is 16.5. The first-order valence-corrected chi connectivity index (χ1v) is 8.01. The molecule has 0 saturated heterocycles. The van der Waals surface area contributed by atoms with Gasteiger partial charge >= 0.3 is 5.97 Å². The third-order valence-electron chi connectivity index (χ3n) is 4.01. The molecule has 0 bridgehead atoms. The predicted molar refractivity (Wildman–Crippen MR) is 88.3 cm³/mol. The molecule has 0 radical (unpaired) electrons. The van der Waals surface area contributed by atoms with Crippen LogP contribution in [0, 0.1) is 5.41 Å². The maximum atomic E-state index is 12.0. The molecule has 1 aromatic carbocycles. The Morgan fingerprint density at radius 1 is 1.20 bits per heavy atom. The van der Waals surface area contributed by atoms with Crippen LogP contribution in [0.2, 0.25) is 0 Å². The van der Waals surface area contributed by atoms with Crippen molar-refractivity contribution >= 4 is 17.8 Å². The van der Waals surface area contributed by atoms with Gasteiger partial charge in [-0.3, -0.25) is 14.4 Å². The van der Waals surface area contributed by atoms with Gasteiger partial charge in [0.05, 0.1) is 7.11 Å². The Morgan fingerprint density at radius 2 is 1.92 bits per heavy atom. The molecule has 8 nitrogen and oxygen atoms in total. The van der Waals surface area contributed by atoms with Crippen LogP contribution in [-0.4, -0.2) is 43.2 Å². The van der Waals surface area contributed by atoms with E-state index in [1.807, 2.05) is 6.92 Å². The fourth-order valence-electron chi connectivity index (χ4n) is 2.35. The van der Waals surface area contributed by atoms with E-state index in [0.717, 1.165) is 5.56 Å². The number of ether oxygens (including phenoxy) is 2. The fraction of sp³-hybridized carbons (Fsp3) is 0.471. The molecule has 1 aliphatic carbocycles. The quantitative estimate of drug-likeness (QED) is 0.565. The Hall–Kier alpha value is -2.77. The van der Waals surface area contributed by atoms with E-state index in [1.54, 1.807) is 18.2 Å². The van der Waals surface area contributed by atoms with Crippen LogP contribution >= 0.6 is 0 Å². The molecule has 0 aliphatic heterocycles. The van der Waals surface area contributed by atoms with E-state index < -0.39 is 17.3 Å². The van der Waals surface area contributed by atoms with Crippen molar-refractivity contribution in [2.24, 2.45) is 5.41 Å². The minimum Gasteiger partial charge on any atom is -0.493 e. The number of nitrogens with one attached hydrogen (secondary N) is 2. The van der Waals surface area contributed by atoms with E-state index in [1.165, 1.54) is 7.11 Å². The molecule has 0 unspecified atom stereocenters. The highest BCUT2D eigenvalue weighted by molar-refractivity contribution is 6.04. The fourth-order valence-corrected chi connectivity index (χ4v) is 2.35. The second-order valence-electron chi connectivity index (χ2n) is 5.80. The summed E-state index contributed by atoms with van der Waals surface area (Å²) in [5.74, 6) is -0.958. The molecule has 0 atom stereocenters. The van der Waals surface area contributed by atoms with Gasteiger partial charge in [0.25, 0.3) is 5.91 Å². The van der Waals surface area contributed by atoms with Gasteiger partial charge in [0.1, 0.15) is 5.41 Å². The molecule has 0 heterocycles. The Morgan fingerprint density at radius 3 is 2.48 bits per heavy atom. The Kier molecular flexibility index (Phi) is 5.84. The number of aliphatic carboxylic acids is 1. The standard InChI is InChI=1S/C17H22N2O6/c1-3-18-14(20)10-25-12-5-4-11(8-13(12)24-2)9-19-15(21)17(6-7-17)16(22)23/h4-5,8H,3,6-7,9-10H2,1-2H3,(H,18,20)(H,19,21)(H,22,23). The number of hydrogen-bond donors (Lipinski definition) is 3. The number of carboxylic acid groups (broad SMARTS) is 1. The van der Waals surface area contributed by atoms with Gasteiger partial charge in [0, 0.05) is 13.1 Å². The molecule has 3 N–H and O–H groups in total. The molecular weight excluding hydrogens is 328 g/mol. The van der Waals surface area contributed by atoms with Crippen LogP contribution in [0.5, 0.6) is 11.5 Å². The summed E-state index contributed by atoms with van der Waals surface area (Å²) in [6.45, 7) is 2.40. The minimum absolute atomic E-state index is 0.124. The van der Waals surface area contributed by atoms with Gasteiger partial charge in [-0.25, -0.2) is 0 Å². The largest absolute Gasteiger partial charge is 0.493 e. The lowest BCUT2D eigenvalue weighted by atomic mass is 10.1. The number of carbonyl (C=O) groups is 3. The van der Waals surface area contributed by atoms with Gasteiger partial charge in [0.15, 0.2) is 18.1 Å². The van der Waals surface area contributed by atoms with E-state index in [9.17, 15) is 14.4 Å². The highest BCUT2D eigenvalue weighted by Gasteiger charge is 2.56. The van der Waals surface area contributed by atoms with E-state index in [-0.39, 0.29) is 19.1 Å². The molecule has 1 aliphatic rings. The zero-order chi connectivity index (χ0) is 18.4. The summed E-state index contributed by atoms with van der Waals surface area (Å²) in [7, 11) is 1.47. The highest BCUT2D eigenvalue weighted by Crippen LogP contribution is 2.46. The molecule has 25 heavy (non-hydrogen) atoms. The van der Waals surface area contributed by atoms with Crippen LogP contribution < -0.4 is 20.1 Å². The maximum Gasteiger partial charge on any atom is 0.319 e. The van der Waals surface area contributed by atoms with Crippen molar-refractivity contribution < 1.29 is 29.0 Å². The molecule has 136 valence electrons. The smallest absolute Gasteiger partial charge is 0.319 e. The van der Waals surface area contributed by atoms with Crippen molar-refractivity contribution in [1.29, 1.82) is 0 Å². The molecule has 1 saturated carbocycles. The van der Waals surface area contributed by atoms with Crippen LogP contribution in [0.25, 0.3) is 0 Å². The molecule has 8 heteroatoms. The summed E-state index contributed by atoms with van der Waals surface area (Å²) in [6.07, 6.45) is 0.730. The summed E-state index contributed by atoms with van der Waals surface area (Å²) < 4.78 is 10.7. The van der Waals surface area contributed by atoms with E-state index in [0.29, 0.717) is 30.9 Å². The summed E-state index contributed by atoms with van der Waals surface area (Å²) >= 11 is 0. The number of benzene rings is 1. The SMILES string of the molecule is CCNC(=O)COc1ccc(CNC(=O)C2(C(=O)O)CC2)cc1OC. The average molecular weight is 350 g/mol. The van der Waals surface area contributed by atoms with E-state index in [4.69, 9.17) is 14.6 Å². The lowest BCUT2D eigenvalue weighted by Gasteiger charge is -2.14. The van der Waals surface area contributed by atoms with Crippen LogP contribution in [0.15, 0.2) is 18.2 Å². The van der Waals surface area contributed by atoms with Crippen LogP contribution in [-0.2, 0) is 20.9 Å². The summed E-state index contributed by atoms with van der Waals surface area (Å²) in [4.78, 5) is 34.6. The summed E-state index contributed by atoms with van der Waals surface area (Å²) in [5.41, 5.74) is -0.531. The lowest BCUT2D eigenvalue weighted by molar-refractivity contribution is -0.149. The first-order valence-electron chi connectivity index (χ1n) is 8.01. The van der Waals surface area contributed by atoms with E-state index >= 15 is 0 Å². The number of carbonyl (C=O) groups excluding carboxylic acids is 2. The Labute approximate surface area is 145 Å². The number of hydrogen-bond acceptors (Lipinski definition) is 5. The topological polar surface area (TPSA) is 114 Å². The van der Waals surface area contributed by atoms with Crippen LogP contribution in [0.3, 0.4) is 0 Å².